The lowest BCUT2D eigenvalue weighted by Gasteiger charge is -2.33. The lowest BCUT2D eigenvalue weighted by Crippen LogP contribution is -2.52. The molecule has 0 saturated carbocycles. The molecule has 0 fully saturated rings. The zero-order valence-electron chi connectivity index (χ0n) is 23.2. The van der Waals surface area contributed by atoms with Crippen molar-refractivity contribution in [2.24, 2.45) is 5.92 Å². The number of para-hydroxylation sites is 1. The van der Waals surface area contributed by atoms with Crippen molar-refractivity contribution >= 4 is 27.5 Å². The van der Waals surface area contributed by atoms with Crippen LogP contribution >= 0.6 is 0 Å². The molecule has 214 valence electrons. The predicted molar refractivity (Wildman–Crippen MR) is 153 cm³/mol. The molecule has 3 aromatic carbocycles. The number of carbonyl (C=O) groups excluding carboxylic acids is 2. The van der Waals surface area contributed by atoms with Crippen molar-refractivity contribution in [3.63, 3.8) is 0 Å². The second-order valence-corrected chi connectivity index (χ2v) is 11.6. The zero-order valence-corrected chi connectivity index (χ0v) is 24.0. The molecule has 10 heteroatoms. The van der Waals surface area contributed by atoms with Gasteiger partial charge in [0.1, 0.15) is 24.2 Å². The smallest absolute Gasteiger partial charge is 0.264 e. The van der Waals surface area contributed by atoms with E-state index >= 15 is 0 Å². The third-order valence-corrected chi connectivity index (χ3v) is 8.07. The molecule has 1 unspecified atom stereocenters. The van der Waals surface area contributed by atoms with Gasteiger partial charge in [-0.2, -0.15) is 0 Å². The Morgan fingerprint density at radius 2 is 1.65 bits per heavy atom. The quantitative estimate of drug-likeness (QED) is 0.324. The maximum absolute atomic E-state index is 14.0. The first-order valence-corrected chi connectivity index (χ1v) is 14.5. The van der Waals surface area contributed by atoms with Crippen LogP contribution < -0.4 is 14.4 Å². The molecular formula is C30H36FN3O5S. The standard InChI is InChI=1S/C30H36FN3O5S/c1-5-28(30(36)32-19-22(2)3)33(20-23-10-9-13-26(18-23)39-4)29(35)21-34(25-11-7-6-8-12-25)40(37,38)27-16-14-24(31)15-17-27/h6-18,22,28H,5,19-21H2,1-4H3,(H,32,36). The third kappa shape index (κ3) is 7.81. The highest BCUT2D eigenvalue weighted by atomic mass is 32.2. The molecule has 0 aromatic heterocycles. The Kier molecular flexibility index (Phi) is 10.7. The molecule has 0 heterocycles. The Morgan fingerprint density at radius 3 is 2.25 bits per heavy atom. The van der Waals surface area contributed by atoms with Gasteiger partial charge in [0.15, 0.2) is 0 Å². The molecule has 0 aliphatic carbocycles. The third-order valence-electron chi connectivity index (χ3n) is 6.28. The topological polar surface area (TPSA) is 96.0 Å². The highest BCUT2D eigenvalue weighted by Gasteiger charge is 2.33. The van der Waals surface area contributed by atoms with E-state index in [9.17, 15) is 22.4 Å². The second kappa shape index (κ2) is 13.9. The van der Waals surface area contributed by atoms with Gasteiger partial charge in [0.05, 0.1) is 17.7 Å². The first-order chi connectivity index (χ1) is 19.1. The summed E-state index contributed by atoms with van der Waals surface area (Å²) < 4.78 is 47.3. The molecule has 0 aliphatic rings. The fourth-order valence-corrected chi connectivity index (χ4v) is 5.58. The van der Waals surface area contributed by atoms with E-state index in [0.29, 0.717) is 18.7 Å². The van der Waals surface area contributed by atoms with Crippen LogP contribution in [0.25, 0.3) is 0 Å². The lowest BCUT2D eigenvalue weighted by atomic mass is 10.1. The van der Waals surface area contributed by atoms with E-state index in [-0.39, 0.29) is 29.0 Å². The first-order valence-electron chi connectivity index (χ1n) is 13.1. The SMILES string of the molecule is CCC(C(=O)NCC(C)C)N(Cc1cccc(OC)c1)C(=O)CN(c1ccccc1)S(=O)(=O)c1ccc(F)cc1. The number of sulfonamides is 1. The molecule has 0 saturated heterocycles. The summed E-state index contributed by atoms with van der Waals surface area (Å²) in [5.41, 5.74) is 0.981. The minimum atomic E-state index is -4.26. The largest absolute Gasteiger partial charge is 0.497 e. The number of rotatable bonds is 13. The van der Waals surface area contributed by atoms with Crippen LogP contribution in [0.5, 0.6) is 5.75 Å². The van der Waals surface area contributed by atoms with Crippen molar-refractivity contribution in [2.75, 3.05) is 24.5 Å². The summed E-state index contributed by atoms with van der Waals surface area (Å²) in [4.78, 5) is 28.5. The molecule has 3 aromatic rings. The summed E-state index contributed by atoms with van der Waals surface area (Å²) in [6.07, 6.45) is 0.315. The van der Waals surface area contributed by atoms with Crippen molar-refractivity contribution in [1.29, 1.82) is 0 Å². The maximum atomic E-state index is 14.0. The van der Waals surface area contributed by atoms with Gasteiger partial charge in [-0.25, -0.2) is 12.8 Å². The van der Waals surface area contributed by atoms with Gasteiger partial charge in [-0.1, -0.05) is 51.1 Å². The zero-order chi connectivity index (χ0) is 29.3. The second-order valence-electron chi connectivity index (χ2n) is 9.74. The van der Waals surface area contributed by atoms with Crippen LogP contribution in [0.2, 0.25) is 0 Å². The molecule has 8 nitrogen and oxygen atoms in total. The number of benzene rings is 3. The van der Waals surface area contributed by atoms with Crippen LogP contribution in [0.15, 0.2) is 83.8 Å². The number of nitrogens with one attached hydrogen (secondary N) is 1. The summed E-state index contributed by atoms with van der Waals surface area (Å²) in [6, 6.07) is 18.9. The van der Waals surface area contributed by atoms with E-state index in [1.807, 2.05) is 19.9 Å². The van der Waals surface area contributed by atoms with Gasteiger partial charge in [0.2, 0.25) is 11.8 Å². The van der Waals surface area contributed by atoms with E-state index in [2.05, 4.69) is 5.32 Å². The van der Waals surface area contributed by atoms with E-state index < -0.39 is 34.3 Å². The highest BCUT2D eigenvalue weighted by Crippen LogP contribution is 2.25. The number of ether oxygens (including phenoxy) is 1. The summed E-state index contributed by atoms with van der Waals surface area (Å²) in [6.45, 7) is 5.67. The Bertz CT molecular complexity index is 1380. The number of nitrogens with zero attached hydrogens (tertiary/aromatic N) is 2. The molecular weight excluding hydrogens is 533 g/mol. The molecule has 1 atom stereocenters. The van der Waals surface area contributed by atoms with Crippen molar-refractivity contribution in [3.05, 3.63) is 90.2 Å². The van der Waals surface area contributed by atoms with Gasteiger partial charge in [-0.05, 0) is 66.4 Å². The average Bonchev–Trinajstić information content (AvgIpc) is 2.95. The monoisotopic (exact) mass is 569 g/mol. The van der Waals surface area contributed by atoms with Gasteiger partial charge in [-0.3, -0.25) is 13.9 Å². The normalized spacial score (nSPS) is 12.1. The van der Waals surface area contributed by atoms with Crippen LogP contribution in [0, 0.1) is 11.7 Å². The first kappa shape index (κ1) is 30.6. The lowest BCUT2D eigenvalue weighted by molar-refractivity contribution is -0.140. The van der Waals surface area contributed by atoms with Gasteiger partial charge >= 0.3 is 0 Å². The number of hydrogen-bond acceptors (Lipinski definition) is 5. The summed E-state index contributed by atoms with van der Waals surface area (Å²) in [7, 11) is -2.72. The molecule has 0 aliphatic heterocycles. The Labute approximate surface area is 235 Å². The number of methoxy groups -OCH3 is 1. The number of anilines is 1. The van der Waals surface area contributed by atoms with Gasteiger partial charge < -0.3 is 15.0 Å². The van der Waals surface area contributed by atoms with Crippen LogP contribution in [-0.2, 0) is 26.2 Å². The Morgan fingerprint density at radius 1 is 0.975 bits per heavy atom. The molecule has 0 radical (unpaired) electrons. The minimum absolute atomic E-state index is 0.0584. The summed E-state index contributed by atoms with van der Waals surface area (Å²) >= 11 is 0. The summed E-state index contributed by atoms with van der Waals surface area (Å²) in [5.74, 6) is -0.668. The van der Waals surface area contributed by atoms with Gasteiger partial charge in [0.25, 0.3) is 10.0 Å². The van der Waals surface area contributed by atoms with Crippen LogP contribution in [-0.4, -0.2) is 51.4 Å². The number of hydrogen-bond donors (Lipinski definition) is 1. The van der Waals surface area contributed by atoms with E-state index in [4.69, 9.17) is 4.74 Å². The van der Waals surface area contributed by atoms with Crippen LogP contribution in [0.3, 0.4) is 0 Å². The number of halogens is 1. The van der Waals surface area contributed by atoms with E-state index in [1.165, 1.54) is 12.0 Å². The van der Waals surface area contributed by atoms with E-state index in [0.717, 1.165) is 34.1 Å². The van der Waals surface area contributed by atoms with Crippen molar-refractivity contribution in [1.82, 2.24) is 10.2 Å². The highest BCUT2D eigenvalue weighted by molar-refractivity contribution is 7.92. The Balaban J connectivity index is 2.03. The minimum Gasteiger partial charge on any atom is -0.497 e. The fourth-order valence-electron chi connectivity index (χ4n) is 4.17. The van der Waals surface area contributed by atoms with Gasteiger partial charge in [0, 0.05) is 13.1 Å². The van der Waals surface area contributed by atoms with E-state index in [1.54, 1.807) is 55.5 Å². The van der Waals surface area contributed by atoms with Gasteiger partial charge in [-0.15, -0.1) is 0 Å². The van der Waals surface area contributed by atoms with Crippen LogP contribution in [0.4, 0.5) is 10.1 Å². The molecule has 40 heavy (non-hydrogen) atoms. The Hall–Kier alpha value is -3.92. The average molecular weight is 570 g/mol. The van der Waals surface area contributed by atoms with Crippen molar-refractivity contribution in [2.45, 2.75) is 44.7 Å². The molecule has 3 rings (SSSR count). The predicted octanol–water partition coefficient (Wildman–Crippen LogP) is 4.61. The molecule has 0 spiro atoms. The molecule has 2 amide bonds. The van der Waals surface area contributed by atoms with Crippen molar-refractivity contribution < 1.29 is 27.1 Å². The van der Waals surface area contributed by atoms with Crippen molar-refractivity contribution in [3.8, 4) is 5.75 Å². The summed E-state index contributed by atoms with van der Waals surface area (Å²) in [5, 5.41) is 2.90. The van der Waals surface area contributed by atoms with Crippen LogP contribution in [0.1, 0.15) is 32.8 Å². The maximum Gasteiger partial charge on any atom is 0.264 e. The number of carbonyl (C=O) groups is 2. The molecule has 0 bridgehead atoms. The fraction of sp³-hybridized carbons (Fsp3) is 0.333. The number of amides is 2. The molecule has 1 N–H and O–H groups in total.